The molecular weight excluding hydrogens is 234 g/mol. The van der Waals surface area contributed by atoms with Crippen molar-refractivity contribution in [3.63, 3.8) is 0 Å². The van der Waals surface area contributed by atoms with Crippen LogP contribution in [0.1, 0.15) is 5.56 Å². The zero-order chi connectivity index (χ0) is 11.7. The molecule has 6 heteroatoms. The van der Waals surface area contributed by atoms with Gasteiger partial charge in [0.25, 0.3) is 0 Å². The zero-order valence-corrected chi connectivity index (χ0v) is 8.98. The molecule has 1 amide bonds. The molecule has 0 atom stereocenters. The number of nitrogens with zero attached hydrogens (tertiary/aromatic N) is 1. The topological polar surface area (TPSA) is 32.3 Å². The average Bonchev–Trinajstić information content (AvgIpc) is 2.54. The summed E-state index contributed by atoms with van der Waals surface area (Å²) in [6, 6.07) is 3.57. The lowest BCUT2D eigenvalue weighted by Crippen LogP contribution is -2.30. The molecule has 1 aliphatic rings. The summed E-state index contributed by atoms with van der Waals surface area (Å²) < 4.78 is 26.6. The highest BCUT2D eigenvalue weighted by Crippen LogP contribution is 2.16. The summed E-state index contributed by atoms with van der Waals surface area (Å²) in [4.78, 5) is 12.5. The van der Waals surface area contributed by atoms with Crippen molar-refractivity contribution in [2.24, 2.45) is 0 Å². The second-order valence-corrected chi connectivity index (χ2v) is 3.73. The van der Waals surface area contributed by atoms with Gasteiger partial charge < -0.3 is 5.32 Å². The average molecular weight is 242 g/mol. The number of amides is 1. The minimum Gasteiger partial charge on any atom is -0.353 e. The smallest absolute Gasteiger partial charge is 0.248 e. The molecule has 1 N–H and O–H groups in total. The Morgan fingerprint density at radius 1 is 1.38 bits per heavy atom. The van der Waals surface area contributed by atoms with E-state index >= 15 is 0 Å². The number of hydrogen-bond donors (Lipinski definition) is 1. The standard InChI is InChI=1S/C10H8F2N2OS/c11-7-2-1-3-8(12)6(7)5-14-9(15)4-13-10(14)16/h1-3H,4-5H2,(H,13,16). The van der Waals surface area contributed by atoms with Crippen LogP contribution in [-0.2, 0) is 11.3 Å². The molecule has 0 radical (unpaired) electrons. The summed E-state index contributed by atoms with van der Waals surface area (Å²) >= 11 is 4.85. The second kappa shape index (κ2) is 4.13. The van der Waals surface area contributed by atoms with Crippen LogP contribution in [0, 0.1) is 11.6 Å². The normalized spacial score (nSPS) is 15.5. The molecular formula is C10H8F2N2OS. The zero-order valence-electron chi connectivity index (χ0n) is 8.17. The van der Waals surface area contributed by atoms with Crippen LogP contribution in [0.2, 0.25) is 0 Å². The first-order valence-electron chi connectivity index (χ1n) is 4.60. The van der Waals surface area contributed by atoms with E-state index in [1.165, 1.54) is 6.07 Å². The Morgan fingerprint density at radius 2 is 2.00 bits per heavy atom. The summed E-state index contributed by atoms with van der Waals surface area (Å²) in [6.07, 6.45) is 0. The number of carbonyl (C=O) groups excluding carboxylic acids is 1. The van der Waals surface area contributed by atoms with Gasteiger partial charge in [0.2, 0.25) is 5.91 Å². The highest BCUT2D eigenvalue weighted by molar-refractivity contribution is 7.80. The van der Waals surface area contributed by atoms with Crippen LogP contribution in [0.15, 0.2) is 18.2 Å². The molecule has 3 nitrogen and oxygen atoms in total. The van der Waals surface area contributed by atoms with Crippen molar-refractivity contribution < 1.29 is 13.6 Å². The lowest BCUT2D eigenvalue weighted by molar-refractivity contribution is -0.124. The lowest BCUT2D eigenvalue weighted by Gasteiger charge is -2.15. The van der Waals surface area contributed by atoms with Gasteiger partial charge in [0.1, 0.15) is 11.6 Å². The molecule has 1 saturated heterocycles. The summed E-state index contributed by atoms with van der Waals surface area (Å²) in [7, 11) is 0. The summed E-state index contributed by atoms with van der Waals surface area (Å²) in [6.45, 7) is -0.0991. The predicted octanol–water partition coefficient (Wildman–Crippen LogP) is 1.18. The van der Waals surface area contributed by atoms with E-state index in [-0.39, 0.29) is 29.7 Å². The number of carbonyl (C=O) groups is 1. The molecule has 0 bridgehead atoms. The van der Waals surface area contributed by atoms with E-state index in [1.54, 1.807) is 0 Å². The van der Waals surface area contributed by atoms with E-state index < -0.39 is 11.6 Å². The number of hydrogen-bond acceptors (Lipinski definition) is 2. The van der Waals surface area contributed by atoms with Crippen LogP contribution >= 0.6 is 12.2 Å². The first-order valence-corrected chi connectivity index (χ1v) is 5.01. The van der Waals surface area contributed by atoms with Crippen molar-refractivity contribution in [3.8, 4) is 0 Å². The van der Waals surface area contributed by atoms with Crippen LogP contribution in [-0.4, -0.2) is 22.5 Å². The minimum atomic E-state index is -0.678. The Bertz CT molecular complexity index is 428. The van der Waals surface area contributed by atoms with Crippen molar-refractivity contribution in [1.82, 2.24) is 10.2 Å². The molecule has 0 unspecified atom stereocenters. The third kappa shape index (κ3) is 1.88. The van der Waals surface area contributed by atoms with Crippen LogP contribution in [0.25, 0.3) is 0 Å². The molecule has 0 aromatic heterocycles. The number of halogens is 2. The van der Waals surface area contributed by atoms with Gasteiger partial charge in [-0.3, -0.25) is 9.69 Å². The summed E-state index contributed by atoms with van der Waals surface area (Å²) in [5.74, 6) is -1.64. The number of benzene rings is 1. The molecule has 1 heterocycles. The maximum atomic E-state index is 13.3. The highest BCUT2D eigenvalue weighted by Gasteiger charge is 2.27. The monoisotopic (exact) mass is 242 g/mol. The van der Waals surface area contributed by atoms with Crippen molar-refractivity contribution in [1.29, 1.82) is 0 Å². The molecule has 0 saturated carbocycles. The first kappa shape index (κ1) is 10.9. The molecule has 2 rings (SSSR count). The van der Waals surface area contributed by atoms with Gasteiger partial charge in [0.05, 0.1) is 13.1 Å². The van der Waals surface area contributed by atoms with Gasteiger partial charge in [0, 0.05) is 5.56 Å². The Kier molecular flexibility index (Phi) is 2.82. The lowest BCUT2D eigenvalue weighted by atomic mass is 10.2. The fourth-order valence-electron chi connectivity index (χ4n) is 1.46. The SMILES string of the molecule is O=C1CNC(=S)N1Cc1c(F)cccc1F. The van der Waals surface area contributed by atoms with Gasteiger partial charge in [0.15, 0.2) is 5.11 Å². The number of thiocarbonyl (C=S) groups is 1. The fraction of sp³-hybridized carbons (Fsp3) is 0.200. The molecule has 1 aromatic rings. The van der Waals surface area contributed by atoms with E-state index in [0.29, 0.717) is 0 Å². The third-order valence-electron chi connectivity index (χ3n) is 2.31. The fourth-order valence-corrected chi connectivity index (χ4v) is 1.70. The van der Waals surface area contributed by atoms with Gasteiger partial charge in [-0.05, 0) is 24.4 Å². The van der Waals surface area contributed by atoms with Crippen LogP contribution in [0.3, 0.4) is 0 Å². The maximum Gasteiger partial charge on any atom is 0.248 e. The summed E-state index contributed by atoms with van der Waals surface area (Å²) in [5.41, 5.74) is -0.151. The van der Waals surface area contributed by atoms with E-state index in [9.17, 15) is 13.6 Å². The van der Waals surface area contributed by atoms with Gasteiger partial charge in [-0.2, -0.15) is 0 Å². The van der Waals surface area contributed by atoms with Crippen molar-refractivity contribution in [2.45, 2.75) is 6.54 Å². The first-order chi connectivity index (χ1) is 7.59. The Hall–Kier alpha value is -1.56. The van der Waals surface area contributed by atoms with E-state index in [1.807, 2.05) is 0 Å². The molecule has 1 fully saturated rings. The Labute approximate surface area is 96.0 Å². The van der Waals surface area contributed by atoms with Crippen molar-refractivity contribution in [3.05, 3.63) is 35.4 Å². The van der Waals surface area contributed by atoms with Crippen molar-refractivity contribution in [2.75, 3.05) is 6.54 Å². The number of rotatable bonds is 2. The third-order valence-corrected chi connectivity index (χ3v) is 2.68. The molecule has 1 aliphatic heterocycles. The quantitative estimate of drug-likeness (QED) is 0.790. The van der Waals surface area contributed by atoms with E-state index in [2.05, 4.69) is 5.32 Å². The predicted molar refractivity (Wildman–Crippen MR) is 57.5 cm³/mol. The van der Waals surface area contributed by atoms with Gasteiger partial charge in [-0.15, -0.1) is 0 Å². The van der Waals surface area contributed by atoms with Gasteiger partial charge in [-0.25, -0.2) is 8.78 Å². The maximum absolute atomic E-state index is 13.3. The highest BCUT2D eigenvalue weighted by atomic mass is 32.1. The van der Waals surface area contributed by atoms with E-state index in [4.69, 9.17) is 12.2 Å². The van der Waals surface area contributed by atoms with Crippen LogP contribution in [0.4, 0.5) is 8.78 Å². The second-order valence-electron chi connectivity index (χ2n) is 3.34. The van der Waals surface area contributed by atoms with Crippen molar-refractivity contribution >= 4 is 23.2 Å². The minimum absolute atomic E-state index is 0.0783. The molecule has 0 spiro atoms. The van der Waals surface area contributed by atoms with Crippen LogP contribution < -0.4 is 5.32 Å². The van der Waals surface area contributed by atoms with E-state index in [0.717, 1.165) is 17.0 Å². The molecule has 0 aliphatic carbocycles. The van der Waals surface area contributed by atoms with Gasteiger partial charge in [-0.1, -0.05) is 6.07 Å². The molecule has 16 heavy (non-hydrogen) atoms. The molecule has 1 aromatic carbocycles. The largest absolute Gasteiger partial charge is 0.353 e. The van der Waals surface area contributed by atoms with Gasteiger partial charge >= 0.3 is 0 Å². The Morgan fingerprint density at radius 3 is 2.50 bits per heavy atom. The molecule has 84 valence electrons. The summed E-state index contributed by atoms with van der Waals surface area (Å²) in [5, 5.41) is 2.84. The number of nitrogens with one attached hydrogen (secondary N) is 1. The van der Waals surface area contributed by atoms with Crippen LogP contribution in [0.5, 0.6) is 0 Å². The Balaban J connectivity index is 2.27.